The van der Waals surface area contributed by atoms with Gasteiger partial charge in [0.15, 0.2) is 11.5 Å². The van der Waals surface area contributed by atoms with Crippen LogP contribution >= 0.6 is 0 Å². The highest BCUT2D eigenvalue weighted by atomic mass is 19.4. The number of aromatic nitrogens is 4. The molecule has 0 unspecified atom stereocenters. The molecule has 0 aromatic carbocycles. The smallest absolute Gasteiger partial charge is 0.367 e. The molecule has 24 heavy (non-hydrogen) atoms. The van der Waals surface area contributed by atoms with Crippen LogP contribution in [0.15, 0.2) is 18.5 Å². The van der Waals surface area contributed by atoms with Gasteiger partial charge < -0.3 is 10.1 Å². The minimum Gasteiger partial charge on any atom is -0.367 e. The van der Waals surface area contributed by atoms with Crippen LogP contribution in [0.25, 0.3) is 0 Å². The van der Waals surface area contributed by atoms with Gasteiger partial charge in [-0.15, -0.1) is 0 Å². The summed E-state index contributed by atoms with van der Waals surface area (Å²) in [7, 11) is 0. The molecule has 2 atom stereocenters. The van der Waals surface area contributed by atoms with E-state index in [0.717, 1.165) is 18.9 Å². The fraction of sp³-hybridized carbons (Fsp3) is 0.429. The molecule has 0 amide bonds. The van der Waals surface area contributed by atoms with Crippen molar-refractivity contribution >= 4 is 5.82 Å². The van der Waals surface area contributed by atoms with Crippen molar-refractivity contribution in [1.29, 1.82) is 5.26 Å². The normalized spacial score (nSPS) is 20.8. The summed E-state index contributed by atoms with van der Waals surface area (Å²) in [5, 5.41) is 18.3. The summed E-state index contributed by atoms with van der Waals surface area (Å²) in [5.74, 6) is 0.850. The average Bonchev–Trinajstić information content (AvgIpc) is 3.22. The Kier molecular flexibility index (Phi) is 4.35. The maximum absolute atomic E-state index is 12.7. The molecule has 0 radical (unpaired) electrons. The lowest BCUT2D eigenvalue weighted by molar-refractivity contribution is -0.138. The minimum absolute atomic E-state index is 0.130. The van der Waals surface area contributed by atoms with E-state index >= 15 is 0 Å². The number of nitriles is 1. The first-order chi connectivity index (χ1) is 11.5. The summed E-state index contributed by atoms with van der Waals surface area (Å²) in [4.78, 5) is 7.75. The lowest BCUT2D eigenvalue weighted by Gasteiger charge is -2.14. The molecule has 1 aliphatic heterocycles. The molecule has 1 saturated heterocycles. The summed E-state index contributed by atoms with van der Waals surface area (Å²) < 4.78 is 44.0. The van der Waals surface area contributed by atoms with Gasteiger partial charge in [0.1, 0.15) is 24.3 Å². The lowest BCUT2D eigenvalue weighted by Crippen LogP contribution is -2.20. The van der Waals surface area contributed by atoms with Gasteiger partial charge in [0.25, 0.3) is 0 Å². The summed E-state index contributed by atoms with van der Waals surface area (Å²) in [5.41, 5.74) is -1.70. The van der Waals surface area contributed by atoms with Crippen LogP contribution in [-0.2, 0) is 10.9 Å². The fourth-order valence-electron chi connectivity index (χ4n) is 2.52. The molecule has 2 aromatic rings. The van der Waals surface area contributed by atoms with E-state index in [4.69, 9.17) is 10.00 Å². The summed E-state index contributed by atoms with van der Waals surface area (Å²) >= 11 is 0. The molecular formula is C14H13F3N6O. The maximum atomic E-state index is 12.7. The second kappa shape index (κ2) is 6.45. The lowest BCUT2D eigenvalue weighted by atomic mass is 10.2. The Morgan fingerprint density at radius 3 is 2.88 bits per heavy atom. The van der Waals surface area contributed by atoms with Gasteiger partial charge in [-0.25, -0.2) is 9.97 Å². The van der Waals surface area contributed by atoms with E-state index < -0.39 is 17.4 Å². The molecule has 2 aromatic heterocycles. The number of H-pyrrole nitrogens is 1. The third-order valence-electron chi connectivity index (χ3n) is 3.66. The molecular weight excluding hydrogens is 325 g/mol. The number of rotatable bonds is 4. The van der Waals surface area contributed by atoms with Crippen molar-refractivity contribution < 1.29 is 17.9 Å². The molecule has 0 saturated carbocycles. The van der Waals surface area contributed by atoms with Gasteiger partial charge in [-0.2, -0.15) is 23.5 Å². The Morgan fingerprint density at radius 1 is 1.38 bits per heavy atom. The number of hydrogen-bond acceptors (Lipinski definition) is 6. The summed E-state index contributed by atoms with van der Waals surface area (Å²) in [6, 6.07) is 3.52. The number of anilines is 1. The molecule has 0 bridgehead atoms. The highest BCUT2D eigenvalue weighted by Crippen LogP contribution is 2.32. The third kappa shape index (κ3) is 3.46. The molecule has 1 fully saturated rings. The van der Waals surface area contributed by atoms with E-state index in [-0.39, 0.29) is 18.0 Å². The molecule has 3 rings (SSSR count). The van der Waals surface area contributed by atoms with Crippen molar-refractivity contribution in [2.75, 3.05) is 11.9 Å². The Balaban J connectivity index is 1.61. The molecule has 0 aliphatic carbocycles. The van der Waals surface area contributed by atoms with Crippen LogP contribution < -0.4 is 5.32 Å². The van der Waals surface area contributed by atoms with E-state index in [9.17, 15) is 13.2 Å². The molecule has 10 heteroatoms. The molecule has 2 N–H and O–H groups in total. The number of aromatic amines is 1. The first kappa shape index (κ1) is 16.2. The molecule has 126 valence electrons. The largest absolute Gasteiger partial charge is 0.419 e. The zero-order chi connectivity index (χ0) is 17.2. The number of nitrogens with zero attached hydrogens (tertiary/aromatic N) is 4. The standard InChI is InChI=1S/C14H13F3N6O/c15-14(16,17)9-2-4-12(22-10(9)5-18)19-6-8-1-3-11(24-8)13-20-7-21-23-13/h2,4,7-8,11H,1,3,6H2,(H,19,22)(H,20,21,23)/t8-,11+/m1/s1. The Morgan fingerprint density at radius 2 is 2.21 bits per heavy atom. The van der Waals surface area contributed by atoms with Crippen LogP contribution in [0.5, 0.6) is 0 Å². The zero-order valence-corrected chi connectivity index (χ0v) is 12.3. The topological polar surface area (TPSA) is 99.5 Å². The predicted molar refractivity (Wildman–Crippen MR) is 75.7 cm³/mol. The first-order valence-electron chi connectivity index (χ1n) is 7.20. The van der Waals surface area contributed by atoms with Crippen molar-refractivity contribution in [2.24, 2.45) is 0 Å². The second-order valence-electron chi connectivity index (χ2n) is 5.28. The summed E-state index contributed by atoms with van der Waals surface area (Å²) in [6.07, 6.45) is -1.96. The van der Waals surface area contributed by atoms with Gasteiger partial charge in [0.2, 0.25) is 0 Å². The molecule has 7 nitrogen and oxygen atoms in total. The number of nitrogens with one attached hydrogen (secondary N) is 2. The van der Waals surface area contributed by atoms with E-state index in [2.05, 4.69) is 25.5 Å². The van der Waals surface area contributed by atoms with Crippen LogP contribution in [0.4, 0.5) is 19.0 Å². The summed E-state index contributed by atoms with van der Waals surface area (Å²) in [6.45, 7) is 0.369. The molecule has 1 aliphatic rings. The van der Waals surface area contributed by atoms with Crippen molar-refractivity contribution in [3.8, 4) is 6.07 Å². The first-order valence-corrected chi connectivity index (χ1v) is 7.20. The fourth-order valence-corrected chi connectivity index (χ4v) is 2.52. The number of ether oxygens (including phenoxy) is 1. The van der Waals surface area contributed by atoms with Gasteiger partial charge in [-0.05, 0) is 25.0 Å². The molecule has 0 spiro atoms. The van der Waals surface area contributed by atoms with E-state index in [1.807, 2.05) is 0 Å². The molecule has 3 heterocycles. The predicted octanol–water partition coefficient (Wildman–Crippen LogP) is 2.42. The highest BCUT2D eigenvalue weighted by molar-refractivity contribution is 5.44. The van der Waals surface area contributed by atoms with Gasteiger partial charge in [0, 0.05) is 6.54 Å². The second-order valence-corrected chi connectivity index (χ2v) is 5.28. The van der Waals surface area contributed by atoms with Crippen molar-refractivity contribution in [3.63, 3.8) is 0 Å². The Hall–Kier alpha value is -2.67. The Bertz CT molecular complexity index is 740. The van der Waals surface area contributed by atoms with E-state index in [1.165, 1.54) is 18.5 Å². The number of pyridine rings is 1. The van der Waals surface area contributed by atoms with Crippen molar-refractivity contribution in [1.82, 2.24) is 20.2 Å². The van der Waals surface area contributed by atoms with Crippen LogP contribution in [0.3, 0.4) is 0 Å². The maximum Gasteiger partial charge on any atom is 0.419 e. The zero-order valence-electron chi connectivity index (χ0n) is 12.3. The van der Waals surface area contributed by atoms with Crippen molar-refractivity contribution in [2.45, 2.75) is 31.2 Å². The average molecular weight is 338 g/mol. The number of hydrogen-bond donors (Lipinski definition) is 2. The number of alkyl halides is 3. The number of halogens is 3. The van der Waals surface area contributed by atoms with Crippen LogP contribution in [0, 0.1) is 11.3 Å². The van der Waals surface area contributed by atoms with Crippen LogP contribution in [0.2, 0.25) is 0 Å². The quantitative estimate of drug-likeness (QED) is 0.888. The van der Waals surface area contributed by atoms with Gasteiger partial charge >= 0.3 is 6.18 Å². The SMILES string of the molecule is N#Cc1nc(NC[C@H]2CC[C@@H](c3ncn[nH]3)O2)ccc1C(F)(F)F. The Labute approximate surface area is 134 Å². The minimum atomic E-state index is -4.60. The third-order valence-corrected chi connectivity index (χ3v) is 3.66. The van der Waals surface area contributed by atoms with E-state index in [1.54, 1.807) is 0 Å². The van der Waals surface area contributed by atoms with Crippen molar-refractivity contribution in [3.05, 3.63) is 35.5 Å². The van der Waals surface area contributed by atoms with Gasteiger partial charge in [0.05, 0.1) is 11.7 Å². The highest BCUT2D eigenvalue weighted by Gasteiger charge is 2.34. The van der Waals surface area contributed by atoms with E-state index in [0.29, 0.717) is 12.4 Å². The monoisotopic (exact) mass is 338 g/mol. The van der Waals surface area contributed by atoms with Crippen LogP contribution in [0.1, 0.15) is 36.0 Å². The van der Waals surface area contributed by atoms with Gasteiger partial charge in [-0.3, -0.25) is 5.10 Å². The van der Waals surface area contributed by atoms with Crippen LogP contribution in [-0.4, -0.2) is 32.8 Å². The van der Waals surface area contributed by atoms with Gasteiger partial charge in [-0.1, -0.05) is 0 Å².